The van der Waals surface area contributed by atoms with Gasteiger partial charge in [-0.15, -0.1) is 11.3 Å². The highest BCUT2D eigenvalue weighted by atomic mass is 32.1. The minimum atomic E-state index is -1.05. The van der Waals surface area contributed by atoms with Crippen LogP contribution in [0.15, 0.2) is 30.3 Å². The number of nitrogens with two attached hydrogens (primary N) is 1. The number of aryl methyl sites for hydroxylation is 1. The minimum absolute atomic E-state index is 0.0964. The first-order valence-corrected chi connectivity index (χ1v) is 6.69. The van der Waals surface area contributed by atoms with Gasteiger partial charge in [-0.1, -0.05) is 0 Å². The number of carboxylic acid groups (broad SMARTS) is 1. The van der Waals surface area contributed by atoms with Crippen LogP contribution in [-0.2, 0) is 0 Å². The molecular formula is C14H14N2O3S. The Morgan fingerprint density at radius 1 is 1.25 bits per heavy atom. The maximum atomic E-state index is 12.3. The first-order valence-electron chi connectivity index (χ1n) is 5.87. The quantitative estimate of drug-likeness (QED) is 0.851. The summed E-state index contributed by atoms with van der Waals surface area (Å²) >= 11 is 1.41. The molecule has 0 aliphatic heterocycles. The Morgan fingerprint density at radius 3 is 2.45 bits per heavy atom. The summed E-state index contributed by atoms with van der Waals surface area (Å²) in [6, 6.07) is 7.96. The molecule has 3 N–H and O–H groups in total. The van der Waals surface area contributed by atoms with Crippen LogP contribution in [-0.4, -0.2) is 24.0 Å². The molecule has 2 rings (SSSR count). The molecule has 0 fully saturated rings. The number of nitrogen functional groups attached to an aromatic ring is 1. The molecule has 20 heavy (non-hydrogen) atoms. The number of hydrogen-bond acceptors (Lipinski definition) is 4. The van der Waals surface area contributed by atoms with Gasteiger partial charge >= 0.3 is 5.97 Å². The molecule has 0 atom stereocenters. The van der Waals surface area contributed by atoms with Gasteiger partial charge < -0.3 is 15.7 Å². The summed E-state index contributed by atoms with van der Waals surface area (Å²) in [4.78, 5) is 26.2. The van der Waals surface area contributed by atoms with Crippen LogP contribution in [0.2, 0.25) is 0 Å². The standard InChI is InChI=1S/C14H14N2O3S/c1-8-3-6-12(20-8)13(17)16(2)11-5-4-9(14(18)19)7-10(11)15/h3-7H,15H2,1-2H3,(H,18,19). The van der Waals surface area contributed by atoms with E-state index in [0.717, 1.165) is 4.88 Å². The summed E-state index contributed by atoms with van der Waals surface area (Å²) in [6.07, 6.45) is 0. The zero-order valence-corrected chi connectivity index (χ0v) is 11.9. The molecule has 5 nitrogen and oxygen atoms in total. The van der Waals surface area contributed by atoms with Crippen LogP contribution in [0.1, 0.15) is 24.9 Å². The van der Waals surface area contributed by atoms with Gasteiger partial charge in [0.2, 0.25) is 0 Å². The van der Waals surface area contributed by atoms with E-state index in [9.17, 15) is 9.59 Å². The molecule has 2 aromatic rings. The molecule has 6 heteroatoms. The van der Waals surface area contributed by atoms with Crippen LogP contribution < -0.4 is 10.6 Å². The first kappa shape index (κ1) is 14.1. The lowest BCUT2D eigenvalue weighted by molar-refractivity contribution is 0.0697. The van der Waals surface area contributed by atoms with E-state index in [1.165, 1.54) is 34.4 Å². The van der Waals surface area contributed by atoms with E-state index in [0.29, 0.717) is 10.6 Å². The lowest BCUT2D eigenvalue weighted by Crippen LogP contribution is -2.26. The minimum Gasteiger partial charge on any atom is -0.478 e. The maximum Gasteiger partial charge on any atom is 0.335 e. The van der Waals surface area contributed by atoms with E-state index < -0.39 is 5.97 Å². The van der Waals surface area contributed by atoms with Crippen molar-refractivity contribution in [1.29, 1.82) is 0 Å². The van der Waals surface area contributed by atoms with Crippen molar-refractivity contribution in [3.63, 3.8) is 0 Å². The summed E-state index contributed by atoms with van der Waals surface area (Å²) < 4.78 is 0. The number of hydrogen-bond donors (Lipinski definition) is 2. The smallest absolute Gasteiger partial charge is 0.335 e. The Labute approximate surface area is 120 Å². The summed E-state index contributed by atoms with van der Waals surface area (Å²) in [7, 11) is 1.61. The topological polar surface area (TPSA) is 83.6 Å². The van der Waals surface area contributed by atoms with Crippen LogP contribution >= 0.6 is 11.3 Å². The lowest BCUT2D eigenvalue weighted by Gasteiger charge is -2.18. The van der Waals surface area contributed by atoms with Crippen molar-refractivity contribution < 1.29 is 14.7 Å². The number of anilines is 2. The van der Waals surface area contributed by atoms with E-state index >= 15 is 0 Å². The fourth-order valence-corrected chi connectivity index (χ4v) is 2.66. The third kappa shape index (κ3) is 2.65. The highest BCUT2D eigenvalue weighted by molar-refractivity contribution is 7.14. The zero-order valence-electron chi connectivity index (χ0n) is 11.1. The number of carboxylic acids is 1. The summed E-state index contributed by atoms with van der Waals surface area (Å²) in [5.74, 6) is -1.22. The average Bonchev–Trinajstić information content (AvgIpc) is 2.83. The van der Waals surface area contributed by atoms with Crippen molar-refractivity contribution in [1.82, 2.24) is 0 Å². The second kappa shape index (κ2) is 5.34. The molecule has 0 radical (unpaired) electrons. The van der Waals surface area contributed by atoms with Gasteiger partial charge in [0.1, 0.15) is 0 Å². The normalized spacial score (nSPS) is 10.3. The predicted octanol–water partition coefficient (Wildman–Crippen LogP) is 2.61. The molecular weight excluding hydrogens is 276 g/mol. The molecule has 0 unspecified atom stereocenters. The SMILES string of the molecule is Cc1ccc(C(=O)N(C)c2ccc(C(=O)O)cc2N)s1. The van der Waals surface area contributed by atoms with E-state index in [4.69, 9.17) is 10.8 Å². The summed E-state index contributed by atoms with van der Waals surface area (Å²) in [6.45, 7) is 1.93. The van der Waals surface area contributed by atoms with E-state index in [1.54, 1.807) is 13.1 Å². The van der Waals surface area contributed by atoms with Gasteiger partial charge in [-0.25, -0.2) is 4.79 Å². The van der Waals surface area contributed by atoms with Crippen molar-refractivity contribution in [2.24, 2.45) is 0 Å². The van der Waals surface area contributed by atoms with Gasteiger partial charge in [-0.3, -0.25) is 4.79 Å². The average molecular weight is 290 g/mol. The Hall–Kier alpha value is -2.34. The largest absolute Gasteiger partial charge is 0.478 e. The fourth-order valence-electron chi connectivity index (χ4n) is 1.82. The van der Waals surface area contributed by atoms with E-state index in [1.807, 2.05) is 13.0 Å². The van der Waals surface area contributed by atoms with Gasteiger partial charge in [0.05, 0.1) is 21.8 Å². The van der Waals surface area contributed by atoms with Gasteiger partial charge in [-0.2, -0.15) is 0 Å². The van der Waals surface area contributed by atoms with Crippen molar-refractivity contribution in [2.45, 2.75) is 6.92 Å². The Morgan fingerprint density at radius 2 is 1.95 bits per heavy atom. The molecule has 1 amide bonds. The third-order valence-electron chi connectivity index (χ3n) is 2.89. The molecule has 1 aromatic heterocycles. The molecule has 1 heterocycles. The van der Waals surface area contributed by atoms with Crippen LogP contribution in [0.3, 0.4) is 0 Å². The number of benzene rings is 1. The highest BCUT2D eigenvalue weighted by Gasteiger charge is 2.18. The van der Waals surface area contributed by atoms with Gasteiger partial charge in [0, 0.05) is 11.9 Å². The molecule has 0 aliphatic rings. The Kier molecular flexibility index (Phi) is 3.76. The van der Waals surface area contributed by atoms with Crippen molar-refractivity contribution in [3.8, 4) is 0 Å². The second-order valence-corrected chi connectivity index (χ2v) is 5.64. The number of amides is 1. The van der Waals surface area contributed by atoms with Gasteiger partial charge in [-0.05, 0) is 37.3 Å². The third-order valence-corrected chi connectivity index (χ3v) is 3.88. The lowest BCUT2D eigenvalue weighted by atomic mass is 10.1. The van der Waals surface area contributed by atoms with Crippen molar-refractivity contribution >= 4 is 34.6 Å². The summed E-state index contributed by atoms with van der Waals surface area (Å²) in [5, 5.41) is 8.89. The Balaban J connectivity index is 2.31. The number of nitrogens with zero attached hydrogens (tertiary/aromatic N) is 1. The molecule has 0 saturated carbocycles. The van der Waals surface area contributed by atoms with Crippen LogP contribution in [0.5, 0.6) is 0 Å². The molecule has 0 bridgehead atoms. The fraction of sp³-hybridized carbons (Fsp3) is 0.143. The number of rotatable bonds is 3. The van der Waals surface area contributed by atoms with Gasteiger partial charge in [0.15, 0.2) is 0 Å². The monoisotopic (exact) mass is 290 g/mol. The number of carbonyl (C=O) groups is 2. The summed E-state index contributed by atoms with van der Waals surface area (Å²) in [5.41, 5.74) is 6.67. The number of aromatic carboxylic acids is 1. The first-order chi connectivity index (χ1) is 9.40. The second-order valence-electron chi connectivity index (χ2n) is 4.35. The number of carbonyl (C=O) groups excluding carboxylic acids is 1. The molecule has 104 valence electrons. The zero-order chi connectivity index (χ0) is 14.9. The molecule has 0 aliphatic carbocycles. The van der Waals surface area contributed by atoms with Crippen LogP contribution in [0, 0.1) is 6.92 Å². The molecule has 0 saturated heterocycles. The highest BCUT2D eigenvalue weighted by Crippen LogP contribution is 2.26. The van der Waals surface area contributed by atoms with Crippen LogP contribution in [0.25, 0.3) is 0 Å². The van der Waals surface area contributed by atoms with Gasteiger partial charge in [0.25, 0.3) is 5.91 Å². The van der Waals surface area contributed by atoms with Crippen LogP contribution in [0.4, 0.5) is 11.4 Å². The molecule has 1 aromatic carbocycles. The predicted molar refractivity (Wildman–Crippen MR) is 79.6 cm³/mol. The van der Waals surface area contributed by atoms with E-state index in [-0.39, 0.29) is 17.2 Å². The Bertz CT molecular complexity index is 679. The number of thiophene rings is 1. The maximum absolute atomic E-state index is 12.3. The van der Waals surface area contributed by atoms with E-state index in [2.05, 4.69) is 0 Å². The van der Waals surface area contributed by atoms with Crippen molar-refractivity contribution in [3.05, 3.63) is 45.6 Å². The van der Waals surface area contributed by atoms with Crippen molar-refractivity contribution in [2.75, 3.05) is 17.7 Å². The molecule has 0 spiro atoms.